The van der Waals surface area contributed by atoms with E-state index >= 15 is 0 Å². The van der Waals surface area contributed by atoms with Gasteiger partial charge in [0, 0.05) is 16.9 Å². The number of para-hydroxylation sites is 1. The van der Waals surface area contributed by atoms with Crippen molar-refractivity contribution in [1.82, 2.24) is 14.8 Å². The summed E-state index contributed by atoms with van der Waals surface area (Å²) in [6, 6.07) is 24.8. The number of anilines is 2. The van der Waals surface area contributed by atoms with Crippen molar-refractivity contribution in [3.63, 3.8) is 0 Å². The van der Waals surface area contributed by atoms with E-state index in [4.69, 9.17) is 14.8 Å². The molecule has 5 rings (SSSR count). The minimum atomic E-state index is -0.461. The molecule has 0 saturated heterocycles. The molecule has 7 heteroatoms. The molecule has 35 heavy (non-hydrogen) atoms. The zero-order valence-corrected chi connectivity index (χ0v) is 19.9. The van der Waals surface area contributed by atoms with Gasteiger partial charge in [0.05, 0.1) is 12.2 Å². The molecule has 1 aromatic heterocycles. The second-order valence-corrected chi connectivity index (χ2v) is 8.46. The number of fused-ring (bicyclic) bond motifs is 1. The van der Waals surface area contributed by atoms with Gasteiger partial charge in [-0.3, -0.25) is 4.79 Å². The van der Waals surface area contributed by atoms with Gasteiger partial charge < -0.3 is 15.4 Å². The molecule has 1 amide bonds. The Bertz CT molecular complexity index is 1370. The smallest absolute Gasteiger partial charge is 0.255 e. The largest absolute Gasteiger partial charge is 0.494 e. The topological polar surface area (TPSA) is 81.1 Å². The summed E-state index contributed by atoms with van der Waals surface area (Å²) in [6.07, 6.45) is 0. The lowest BCUT2D eigenvalue weighted by Crippen LogP contribution is -2.31. The lowest BCUT2D eigenvalue weighted by Gasteiger charge is -2.28. The van der Waals surface area contributed by atoms with E-state index in [1.807, 2.05) is 99.6 Å². The molecular weight excluding hydrogens is 438 g/mol. The van der Waals surface area contributed by atoms with Crippen LogP contribution in [0.3, 0.4) is 0 Å². The highest BCUT2D eigenvalue weighted by molar-refractivity contribution is 6.06. The standard InChI is InChI=1S/C28H27N5O2/c1-4-35-23-16-14-20(15-17-23)25-24(27(34)30-22-8-6-5-7-9-22)19(3)29-28-31-26(32-33(25)28)21-12-10-18(2)11-13-21/h5-17,25H,4H2,1-3H3,(H,30,34)(H,29,31,32). The van der Waals surface area contributed by atoms with Crippen molar-refractivity contribution in [3.8, 4) is 17.1 Å². The predicted octanol–water partition coefficient (Wildman–Crippen LogP) is 5.58. The van der Waals surface area contributed by atoms with Crippen LogP contribution in [-0.2, 0) is 4.79 Å². The number of carbonyl (C=O) groups excluding carboxylic acids is 1. The second kappa shape index (κ2) is 9.46. The van der Waals surface area contributed by atoms with Crippen LogP contribution in [-0.4, -0.2) is 27.3 Å². The Hall–Kier alpha value is -4.39. The monoisotopic (exact) mass is 465 g/mol. The Morgan fingerprint density at radius 2 is 1.71 bits per heavy atom. The van der Waals surface area contributed by atoms with Crippen molar-refractivity contribution in [2.75, 3.05) is 17.2 Å². The summed E-state index contributed by atoms with van der Waals surface area (Å²) >= 11 is 0. The van der Waals surface area contributed by atoms with Gasteiger partial charge in [0.2, 0.25) is 5.95 Å². The van der Waals surface area contributed by atoms with Gasteiger partial charge in [0.25, 0.3) is 5.91 Å². The van der Waals surface area contributed by atoms with E-state index < -0.39 is 6.04 Å². The van der Waals surface area contributed by atoms with E-state index in [0.717, 1.165) is 28.3 Å². The van der Waals surface area contributed by atoms with E-state index in [0.29, 0.717) is 24.0 Å². The Morgan fingerprint density at radius 3 is 2.40 bits per heavy atom. The molecule has 0 radical (unpaired) electrons. The summed E-state index contributed by atoms with van der Waals surface area (Å²) in [5, 5.41) is 11.2. The third kappa shape index (κ3) is 4.53. The van der Waals surface area contributed by atoms with Crippen molar-refractivity contribution < 1.29 is 9.53 Å². The fraction of sp³-hybridized carbons (Fsp3) is 0.179. The van der Waals surface area contributed by atoms with E-state index in [1.54, 1.807) is 4.68 Å². The number of nitrogens with zero attached hydrogens (tertiary/aromatic N) is 3. The van der Waals surface area contributed by atoms with Crippen LogP contribution in [0.1, 0.15) is 31.0 Å². The maximum absolute atomic E-state index is 13.6. The average Bonchev–Trinajstić information content (AvgIpc) is 3.28. The number of hydrogen-bond donors (Lipinski definition) is 2. The molecule has 1 aliphatic rings. The first kappa shape index (κ1) is 22.4. The van der Waals surface area contributed by atoms with Crippen molar-refractivity contribution in [1.29, 1.82) is 0 Å². The van der Waals surface area contributed by atoms with Crippen LogP contribution >= 0.6 is 0 Å². The molecule has 7 nitrogen and oxygen atoms in total. The number of aryl methyl sites for hydroxylation is 1. The SMILES string of the molecule is CCOc1ccc(C2C(C(=O)Nc3ccccc3)=C(C)Nc3nc(-c4ccc(C)cc4)nn32)cc1. The molecule has 176 valence electrons. The second-order valence-electron chi connectivity index (χ2n) is 8.46. The first-order chi connectivity index (χ1) is 17.0. The maximum atomic E-state index is 13.6. The average molecular weight is 466 g/mol. The quantitative estimate of drug-likeness (QED) is 0.389. The highest BCUT2D eigenvalue weighted by Crippen LogP contribution is 2.37. The van der Waals surface area contributed by atoms with Crippen LogP contribution in [0.5, 0.6) is 5.75 Å². The number of carbonyl (C=O) groups is 1. The van der Waals surface area contributed by atoms with Gasteiger partial charge in [0.1, 0.15) is 11.8 Å². The highest BCUT2D eigenvalue weighted by Gasteiger charge is 2.34. The highest BCUT2D eigenvalue weighted by atomic mass is 16.5. The fourth-order valence-corrected chi connectivity index (χ4v) is 4.21. The van der Waals surface area contributed by atoms with E-state index in [1.165, 1.54) is 5.56 Å². The summed E-state index contributed by atoms with van der Waals surface area (Å²) in [5.74, 6) is 1.77. The van der Waals surface area contributed by atoms with E-state index in [-0.39, 0.29) is 5.91 Å². The van der Waals surface area contributed by atoms with Crippen LogP contribution in [0.2, 0.25) is 0 Å². The molecule has 3 aromatic carbocycles. The van der Waals surface area contributed by atoms with Crippen LogP contribution in [0.4, 0.5) is 11.6 Å². The van der Waals surface area contributed by atoms with Gasteiger partial charge in [-0.2, -0.15) is 4.98 Å². The zero-order valence-electron chi connectivity index (χ0n) is 19.9. The summed E-state index contributed by atoms with van der Waals surface area (Å²) in [4.78, 5) is 18.3. The van der Waals surface area contributed by atoms with Crippen molar-refractivity contribution in [3.05, 3.63) is 101 Å². The fourth-order valence-electron chi connectivity index (χ4n) is 4.21. The van der Waals surface area contributed by atoms with Gasteiger partial charge >= 0.3 is 0 Å². The first-order valence-corrected chi connectivity index (χ1v) is 11.6. The molecule has 1 atom stereocenters. The molecule has 2 N–H and O–H groups in total. The number of allylic oxidation sites excluding steroid dienone is 1. The molecule has 0 spiro atoms. The number of aromatic nitrogens is 3. The number of rotatable bonds is 6. The first-order valence-electron chi connectivity index (χ1n) is 11.6. The summed E-state index contributed by atoms with van der Waals surface area (Å²) in [6.45, 7) is 6.48. The minimum absolute atomic E-state index is 0.196. The lowest BCUT2D eigenvalue weighted by molar-refractivity contribution is -0.113. The van der Waals surface area contributed by atoms with E-state index in [9.17, 15) is 4.79 Å². The number of hydrogen-bond acceptors (Lipinski definition) is 5. The summed E-state index contributed by atoms with van der Waals surface area (Å²) in [5.41, 5.74) is 5.03. The van der Waals surface area contributed by atoms with Crippen molar-refractivity contribution >= 4 is 17.5 Å². The van der Waals surface area contributed by atoms with Gasteiger partial charge in [-0.15, -0.1) is 5.10 Å². The Kier molecular flexibility index (Phi) is 6.06. The third-order valence-corrected chi connectivity index (χ3v) is 5.95. The molecule has 0 aliphatic carbocycles. The van der Waals surface area contributed by atoms with Gasteiger partial charge in [0.15, 0.2) is 5.82 Å². The van der Waals surface area contributed by atoms with E-state index in [2.05, 4.69) is 10.6 Å². The van der Waals surface area contributed by atoms with Crippen LogP contribution in [0.15, 0.2) is 90.1 Å². The molecule has 2 heterocycles. The van der Waals surface area contributed by atoms with Crippen LogP contribution in [0.25, 0.3) is 11.4 Å². The van der Waals surface area contributed by atoms with Crippen LogP contribution in [0, 0.1) is 6.92 Å². The third-order valence-electron chi connectivity index (χ3n) is 5.95. The molecular formula is C28H27N5O2. The maximum Gasteiger partial charge on any atom is 0.255 e. The van der Waals surface area contributed by atoms with Gasteiger partial charge in [-0.25, -0.2) is 4.68 Å². The lowest BCUT2D eigenvalue weighted by atomic mass is 9.95. The number of nitrogens with one attached hydrogen (secondary N) is 2. The number of ether oxygens (including phenoxy) is 1. The zero-order chi connectivity index (χ0) is 24.4. The van der Waals surface area contributed by atoms with Crippen LogP contribution < -0.4 is 15.4 Å². The number of amides is 1. The Balaban J connectivity index is 1.58. The van der Waals surface area contributed by atoms with Gasteiger partial charge in [-0.1, -0.05) is 60.2 Å². The minimum Gasteiger partial charge on any atom is -0.494 e. The predicted molar refractivity (Wildman–Crippen MR) is 137 cm³/mol. The molecule has 1 aliphatic heterocycles. The summed E-state index contributed by atoms with van der Waals surface area (Å²) in [7, 11) is 0. The molecule has 0 fully saturated rings. The Labute approximate surface area is 204 Å². The summed E-state index contributed by atoms with van der Waals surface area (Å²) < 4.78 is 7.41. The molecule has 1 unspecified atom stereocenters. The normalized spacial score (nSPS) is 14.8. The molecule has 0 saturated carbocycles. The van der Waals surface area contributed by atoms with Crippen molar-refractivity contribution in [2.45, 2.75) is 26.8 Å². The van der Waals surface area contributed by atoms with Gasteiger partial charge in [-0.05, 0) is 50.6 Å². The molecule has 4 aromatic rings. The molecule has 0 bridgehead atoms. The Morgan fingerprint density at radius 1 is 1.00 bits per heavy atom. The number of benzene rings is 3. The van der Waals surface area contributed by atoms with Crippen molar-refractivity contribution in [2.24, 2.45) is 0 Å².